The molecular formula is C20H32N2O4S. The van der Waals surface area contributed by atoms with E-state index >= 15 is 0 Å². The van der Waals surface area contributed by atoms with Crippen molar-refractivity contribution < 1.29 is 17.9 Å². The van der Waals surface area contributed by atoms with Gasteiger partial charge in [-0.15, -0.1) is 0 Å². The summed E-state index contributed by atoms with van der Waals surface area (Å²) in [6, 6.07) is 7.30. The number of carbonyl (C=O) groups is 1. The molecule has 0 aromatic heterocycles. The second-order valence-corrected chi connectivity index (χ2v) is 9.31. The molecule has 1 N–H and O–H groups in total. The van der Waals surface area contributed by atoms with E-state index in [1.165, 1.54) is 4.31 Å². The Balaban J connectivity index is 1.93. The Morgan fingerprint density at radius 1 is 1.30 bits per heavy atom. The van der Waals surface area contributed by atoms with Crippen LogP contribution in [0.3, 0.4) is 0 Å². The van der Waals surface area contributed by atoms with Gasteiger partial charge in [-0.1, -0.05) is 20.3 Å². The fourth-order valence-corrected chi connectivity index (χ4v) is 4.77. The first kappa shape index (κ1) is 21.7. The molecule has 1 fully saturated rings. The maximum atomic E-state index is 12.6. The first-order valence-corrected chi connectivity index (χ1v) is 11.5. The monoisotopic (exact) mass is 396 g/mol. The van der Waals surface area contributed by atoms with Gasteiger partial charge >= 0.3 is 0 Å². The molecule has 27 heavy (non-hydrogen) atoms. The van der Waals surface area contributed by atoms with Crippen LogP contribution in [0.25, 0.3) is 0 Å². The number of amides is 1. The van der Waals surface area contributed by atoms with E-state index in [1.54, 1.807) is 0 Å². The summed E-state index contributed by atoms with van der Waals surface area (Å²) in [5, 5.41) is 2.91. The molecule has 1 aromatic rings. The highest BCUT2D eigenvalue weighted by molar-refractivity contribution is 7.89. The molecule has 0 radical (unpaired) electrons. The van der Waals surface area contributed by atoms with Gasteiger partial charge in [0.05, 0.1) is 17.8 Å². The van der Waals surface area contributed by atoms with Crippen molar-refractivity contribution in [3.05, 3.63) is 24.3 Å². The van der Waals surface area contributed by atoms with Gasteiger partial charge in [0.2, 0.25) is 15.9 Å². The molecule has 7 heteroatoms. The molecule has 0 spiro atoms. The van der Waals surface area contributed by atoms with Crippen molar-refractivity contribution in [1.29, 1.82) is 0 Å². The van der Waals surface area contributed by atoms with E-state index in [-0.39, 0.29) is 30.2 Å². The van der Waals surface area contributed by atoms with Crippen LogP contribution in [-0.2, 0) is 14.8 Å². The Kier molecular flexibility index (Phi) is 8.10. The summed E-state index contributed by atoms with van der Waals surface area (Å²) in [6.45, 7) is 6.83. The van der Waals surface area contributed by atoms with E-state index in [4.69, 9.17) is 4.74 Å². The minimum Gasteiger partial charge on any atom is -0.491 e. The summed E-state index contributed by atoms with van der Waals surface area (Å²) in [4.78, 5) is 12.6. The summed E-state index contributed by atoms with van der Waals surface area (Å²) in [5.41, 5.74) is 0.697. The SMILES string of the molecule is CCCCS(=O)(=O)N1CCCC(C(=O)Nc2ccc(OC(C)CC)cc2)C1. The van der Waals surface area contributed by atoms with Crippen molar-refractivity contribution in [2.45, 2.75) is 59.0 Å². The molecule has 2 rings (SSSR count). The Hall–Kier alpha value is -1.60. The van der Waals surface area contributed by atoms with Crippen LogP contribution < -0.4 is 10.1 Å². The summed E-state index contributed by atoms with van der Waals surface area (Å²) in [7, 11) is -3.27. The van der Waals surface area contributed by atoms with Crippen molar-refractivity contribution in [3.63, 3.8) is 0 Å². The average molecular weight is 397 g/mol. The third-order valence-corrected chi connectivity index (χ3v) is 6.86. The Morgan fingerprint density at radius 3 is 2.63 bits per heavy atom. The molecule has 0 bridgehead atoms. The molecule has 1 saturated heterocycles. The Morgan fingerprint density at radius 2 is 2.00 bits per heavy atom. The molecule has 1 heterocycles. The van der Waals surface area contributed by atoms with E-state index in [9.17, 15) is 13.2 Å². The van der Waals surface area contributed by atoms with E-state index in [1.807, 2.05) is 38.1 Å². The number of sulfonamides is 1. The summed E-state index contributed by atoms with van der Waals surface area (Å²) < 4.78 is 32.0. The lowest BCUT2D eigenvalue weighted by Gasteiger charge is -2.31. The number of anilines is 1. The normalized spacial score (nSPS) is 19.4. The van der Waals surface area contributed by atoms with Crippen molar-refractivity contribution in [3.8, 4) is 5.75 Å². The van der Waals surface area contributed by atoms with E-state index in [2.05, 4.69) is 12.2 Å². The van der Waals surface area contributed by atoms with Crippen LogP contribution in [0, 0.1) is 5.92 Å². The number of carbonyl (C=O) groups excluding carboxylic acids is 1. The fourth-order valence-electron chi connectivity index (χ4n) is 3.04. The molecule has 6 nitrogen and oxygen atoms in total. The summed E-state index contributed by atoms with van der Waals surface area (Å²) in [5.74, 6) is 0.496. The zero-order valence-corrected chi connectivity index (χ0v) is 17.4. The number of nitrogens with zero attached hydrogens (tertiary/aromatic N) is 1. The van der Waals surface area contributed by atoms with Crippen LogP contribution >= 0.6 is 0 Å². The van der Waals surface area contributed by atoms with Crippen LogP contribution in [-0.4, -0.2) is 43.6 Å². The largest absolute Gasteiger partial charge is 0.491 e. The molecule has 2 atom stereocenters. The number of hydrogen-bond acceptors (Lipinski definition) is 4. The van der Waals surface area contributed by atoms with Gasteiger partial charge in [0.1, 0.15) is 5.75 Å². The van der Waals surface area contributed by atoms with E-state index < -0.39 is 10.0 Å². The first-order valence-electron chi connectivity index (χ1n) is 9.91. The number of unbranched alkanes of at least 4 members (excludes halogenated alkanes) is 1. The predicted octanol–water partition coefficient (Wildman–Crippen LogP) is 3.64. The highest BCUT2D eigenvalue weighted by atomic mass is 32.2. The molecule has 1 amide bonds. The van der Waals surface area contributed by atoms with Crippen LogP contribution in [0.15, 0.2) is 24.3 Å². The van der Waals surface area contributed by atoms with E-state index in [0.29, 0.717) is 31.5 Å². The Bertz CT molecular complexity index is 703. The highest BCUT2D eigenvalue weighted by Crippen LogP contribution is 2.23. The molecule has 1 aliphatic rings. The third kappa shape index (κ3) is 6.50. The molecule has 2 unspecified atom stereocenters. The summed E-state index contributed by atoms with van der Waals surface area (Å²) >= 11 is 0. The number of benzene rings is 1. The number of rotatable bonds is 9. The molecule has 1 aromatic carbocycles. The van der Waals surface area contributed by atoms with Crippen LogP contribution in [0.5, 0.6) is 5.75 Å². The second kappa shape index (κ2) is 10.1. The van der Waals surface area contributed by atoms with Crippen LogP contribution in [0.1, 0.15) is 52.9 Å². The minimum atomic E-state index is -3.27. The number of piperidine rings is 1. The zero-order chi connectivity index (χ0) is 19.9. The topological polar surface area (TPSA) is 75.7 Å². The maximum Gasteiger partial charge on any atom is 0.228 e. The maximum absolute atomic E-state index is 12.6. The van der Waals surface area contributed by atoms with Gasteiger partial charge in [-0.3, -0.25) is 4.79 Å². The molecule has 152 valence electrons. The number of hydrogen-bond donors (Lipinski definition) is 1. The fraction of sp³-hybridized carbons (Fsp3) is 0.650. The first-order chi connectivity index (χ1) is 12.9. The second-order valence-electron chi connectivity index (χ2n) is 7.22. The lowest BCUT2D eigenvalue weighted by Crippen LogP contribution is -2.44. The van der Waals surface area contributed by atoms with E-state index in [0.717, 1.165) is 18.6 Å². The predicted molar refractivity (Wildman–Crippen MR) is 108 cm³/mol. The third-order valence-electron chi connectivity index (χ3n) is 4.94. The van der Waals surface area contributed by atoms with Gasteiger partial charge in [-0.05, 0) is 56.9 Å². The minimum absolute atomic E-state index is 0.124. The van der Waals surface area contributed by atoms with Crippen molar-refractivity contribution in [2.24, 2.45) is 5.92 Å². The Labute approximate surface area is 163 Å². The quantitative estimate of drug-likeness (QED) is 0.691. The van der Waals surface area contributed by atoms with Crippen LogP contribution in [0.4, 0.5) is 5.69 Å². The molecule has 1 aliphatic heterocycles. The number of nitrogens with one attached hydrogen (secondary N) is 1. The lowest BCUT2D eigenvalue weighted by atomic mass is 9.99. The van der Waals surface area contributed by atoms with Crippen molar-refractivity contribution in [1.82, 2.24) is 4.31 Å². The van der Waals surface area contributed by atoms with Crippen LogP contribution in [0.2, 0.25) is 0 Å². The van der Waals surface area contributed by atoms with Gasteiger partial charge in [-0.2, -0.15) is 0 Å². The van der Waals surface area contributed by atoms with Crippen molar-refractivity contribution >= 4 is 21.6 Å². The zero-order valence-electron chi connectivity index (χ0n) is 16.6. The smallest absolute Gasteiger partial charge is 0.228 e. The van der Waals surface area contributed by atoms with Gasteiger partial charge in [0.25, 0.3) is 0 Å². The molecule has 0 saturated carbocycles. The van der Waals surface area contributed by atoms with Gasteiger partial charge in [0, 0.05) is 18.8 Å². The lowest BCUT2D eigenvalue weighted by molar-refractivity contribution is -0.120. The molecule has 0 aliphatic carbocycles. The van der Waals surface area contributed by atoms with Gasteiger partial charge in [0.15, 0.2) is 0 Å². The number of ether oxygens (including phenoxy) is 1. The van der Waals surface area contributed by atoms with Crippen molar-refractivity contribution in [2.75, 3.05) is 24.2 Å². The standard InChI is InChI=1S/C20H32N2O4S/c1-4-6-14-27(24,25)22-13-7-8-17(15-22)20(23)21-18-9-11-19(12-10-18)26-16(3)5-2/h9-12,16-17H,4-8,13-15H2,1-3H3,(H,21,23). The van der Waals surface area contributed by atoms with Gasteiger partial charge in [-0.25, -0.2) is 12.7 Å². The summed E-state index contributed by atoms with van der Waals surface area (Å²) in [6.07, 6.45) is 3.99. The average Bonchev–Trinajstić information content (AvgIpc) is 2.68. The highest BCUT2D eigenvalue weighted by Gasteiger charge is 2.31. The molecular weight excluding hydrogens is 364 g/mol. The van der Waals surface area contributed by atoms with Gasteiger partial charge < -0.3 is 10.1 Å².